The van der Waals surface area contributed by atoms with Gasteiger partial charge in [-0.15, -0.1) is 12.4 Å². The fraction of sp³-hybridized carbons (Fsp3) is 0.562. The molecule has 1 aromatic rings. The highest BCUT2D eigenvalue weighted by molar-refractivity contribution is 5.85. The molecule has 3 N–H and O–H groups in total. The molecule has 0 heterocycles. The van der Waals surface area contributed by atoms with Crippen molar-refractivity contribution in [2.75, 3.05) is 13.7 Å². The number of hydrogen-bond acceptors (Lipinski definition) is 4. The monoisotopic (exact) mass is 384 g/mol. The summed E-state index contributed by atoms with van der Waals surface area (Å²) in [5.41, 5.74) is 6.50. The van der Waals surface area contributed by atoms with Gasteiger partial charge in [0.25, 0.3) is 0 Å². The number of hydrogen-bond donors (Lipinski definition) is 2. The van der Waals surface area contributed by atoms with Crippen LogP contribution in [0.2, 0.25) is 0 Å². The Morgan fingerprint density at radius 1 is 1.32 bits per heavy atom. The van der Waals surface area contributed by atoms with E-state index in [1.54, 1.807) is 6.07 Å². The maximum absolute atomic E-state index is 12.2. The van der Waals surface area contributed by atoms with Crippen LogP contribution in [0.15, 0.2) is 18.2 Å². The van der Waals surface area contributed by atoms with Crippen molar-refractivity contribution in [3.8, 4) is 11.5 Å². The Bertz CT molecular complexity index is 556. The molecule has 0 aliphatic heterocycles. The van der Waals surface area contributed by atoms with E-state index in [9.17, 15) is 18.0 Å². The van der Waals surface area contributed by atoms with Crippen LogP contribution in [-0.4, -0.2) is 31.8 Å². The number of alkyl halides is 3. The van der Waals surface area contributed by atoms with E-state index >= 15 is 0 Å². The minimum Gasteiger partial charge on any atom is -0.493 e. The van der Waals surface area contributed by atoms with Crippen LogP contribution in [0.3, 0.4) is 0 Å². The third-order valence-corrected chi connectivity index (χ3v) is 3.65. The number of methoxy groups -OCH3 is 1. The highest BCUT2D eigenvalue weighted by atomic mass is 35.5. The lowest BCUT2D eigenvalue weighted by atomic mass is 9.99. The molecule has 0 aromatic heterocycles. The van der Waals surface area contributed by atoms with Gasteiger partial charge in [-0.05, 0) is 23.6 Å². The Balaban J connectivity index is 0.00000576. The van der Waals surface area contributed by atoms with E-state index in [4.69, 9.17) is 15.2 Å². The summed E-state index contributed by atoms with van der Waals surface area (Å²) in [5, 5.41) is 2.70. The van der Waals surface area contributed by atoms with Gasteiger partial charge in [0.05, 0.1) is 13.2 Å². The molecule has 1 aromatic carbocycles. The molecule has 0 aliphatic rings. The van der Waals surface area contributed by atoms with E-state index in [0.717, 1.165) is 6.42 Å². The average Bonchev–Trinajstić information content (AvgIpc) is 2.55. The second-order valence-electron chi connectivity index (χ2n) is 5.52. The lowest BCUT2D eigenvalue weighted by Crippen LogP contribution is -2.44. The maximum Gasteiger partial charge on any atom is 0.422 e. The topological polar surface area (TPSA) is 73.6 Å². The second-order valence-corrected chi connectivity index (χ2v) is 5.52. The third-order valence-electron chi connectivity index (χ3n) is 3.65. The van der Waals surface area contributed by atoms with Gasteiger partial charge < -0.3 is 20.5 Å². The highest BCUT2D eigenvalue weighted by Gasteiger charge is 2.29. The number of carbonyl (C=O) groups excluding carboxylic acids is 1. The molecule has 1 rings (SSSR count). The largest absolute Gasteiger partial charge is 0.493 e. The maximum atomic E-state index is 12.2. The first-order chi connectivity index (χ1) is 11.2. The molecule has 1 amide bonds. The van der Waals surface area contributed by atoms with Crippen molar-refractivity contribution < 1.29 is 27.4 Å². The fourth-order valence-corrected chi connectivity index (χ4v) is 1.92. The number of ether oxygens (including phenoxy) is 2. The number of amides is 1. The van der Waals surface area contributed by atoms with Gasteiger partial charge >= 0.3 is 6.18 Å². The van der Waals surface area contributed by atoms with Crippen LogP contribution in [0, 0.1) is 5.92 Å². The minimum atomic E-state index is -4.43. The van der Waals surface area contributed by atoms with E-state index < -0.39 is 18.8 Å². The zero-order valence-electron chi connectivity index (χ0n) is 14.4. The molecule has 25 heavy (non-hydrogen) atoms. The van der Waals surface area contributed by atoms with Gasteiger partial charge in [0.1, 0.15) is 0 Å². The molecule has 5 nitrogen and oxygen atoms in total. The van der Waals surface area contributed by atoms with E-state index in [-0.39, 0.29) is 42.3 Å². The summed E-state index contributed by atoms with van der Waals surface area (Å²) >= 11 is 0. The summed E-state index contributed by atoms with van der Waals surface area (Å²) < 4.78 is 46.4. The van der Waals surface area contributed by atoms with Crippen molar-refractivity contribution in [3.05, 3.63) is 23.8 Å². The summed E-state index contributed by atoms with van der Waals surface area (Å²) in [6.07, 6.45) is -3.64. The van der Waals surface area contributed by atoms with Crippen molar-refractivity contribution in [1.29, 1.82) is 0 Å². The lowest BCUT2D eigenvalue weighted by molar-refractivity contribution is -0.153. The van der Waals surface area contributed by atoms with Gasteiger partial charge in [-0.1, -0.05) is 26.3 Å². The Morgan fingerprint density at radius 3 is 2.48 bits per heavy atom. The first-order valence-corrected chi connectivity index (χ1v) is 7.57. The average molecular weight is 385 g/mol. The predicted octanol–water partition coefficient (Wildman–Crippen LogP) is 3.05. The van der Waals surface area contributed by atoms with Crippen LogP contribution in [0.5, 0.6) is 11.5 Å². The van der Waals surface area contributed by atoms with Crippen LogP contribution >= 0.6 is 12.4 Å². The molecule has 0 saturated carbocycles. The van der Waals surface area contributed by atoms with Crippen molar-refractivity contribution in [1.82, 2.24) is 5.32 Å². The molecule has 0 spiro atoms. The van der Waals surface area contributed by atoms with E-state index in [0.29, 0.717) is 5.56 Å². The first kappa shape index (κ1) is 23.3. The molecule has 0 fully saturated rings. The van der Waals surface area contributed by atoms with E-state index in [1.807, 2.05) is 13.8 Å². The molecular formula is C16H24ClF3N2O3. The first-order valence-electron chi connectivity index (χ1n) is 7.57. The highest BCUT2D eigenvalue weighted by Crippen LogP contribution is 2.29. The Morgan fingerprint density at radius 2 is 1.96 bits per heavy atom. The zero-order valence-corrected chi connectivity index (χ0v) is 15.2. The molecule has 2 atom stereocenters. The lowest BCUT2D eigenvalue weighted by Gasteiger charge is -2.18. The summed E-state index contributed by atoms with van der Waals surface area (Å²) in [6.45, 7) is 2.63. The third kappa shape index (κ3) is 7.83. The number of benzene rings is 1. The smallest absolute Gasteiger partial charge is 0.422 e. The minimum absolute atomic E-state index is 0. The van der Waals surface area contributed by atoms with E-state index in [1.165, 1.54) is 19.2 Å². The molecule has 0 radical (unpaired) electrons. The summed E-state index contributed by atoms with van der Waals surface area (Å²) in [4.78, 5) is 11.9. The normalized spacial score (nSPS) is 13.4. The van der Waals surface area contributed by atoms with Gasteiger partial charge in [-0.2, -0.15) is 13.2 Å². The molecule has 0 aliphatic carbocycles. The van der Waals surface area contributed by atoms with Crippen LogP contribution in [0.4, 0.5) is 13.2 Å². The number of nitrogens with two attached hydrogens (primary N) is 1. The van der Waals surface area contributed by atoms with Crippen LogP contribution in [0.1, 0.15) is 25.8 Å². The number of nitrogens with one attached hydrogen (secondary N) is 1. The summed E-state index contributed by atoms with van der Waals surface area (Å²) in [6, 6.07) is 3.84. The number of rotatable bonds is 8. The SMILES string of the molecule is CCC(C)C(N)C(=O)NCc1ccc(OCC(F)(F)F)c(OC)c1.Cl. The fourth-order valence-electron chi connectivity index (χ4n) is 1.92. The van der Waals surface area contributed by atoms with Gasteiger partial charge in [0.2, 0.25) is 5.91 Å². The van der Waals surface area contributed by atoms with Crippen molar-refractivity contribution in [3.63, 3.8) is 0 Å². The van der Waals surface area contributed by atoms with Crippen molar-refractivity contribution in [2.45, 2.75) is 39.0 Å². The standard InChI is InChI=1S/C16H23F3N2O3.ClH/c1-4-10(2)14(20)15(22)21-8-11-5-6-12(13(7-11)23-3)24-9-16(17,18)19;/h5-7,10,14H,4,8-9,20H2,1-3H3,(H,21,22);1H. The Kier molecular flexibility index (Phi) is 9.66. The summed E-state index contributed by atoms with van der Waals surface area (Å²) in [5.74, 6) is -0.0724. The van der Waals surface area contributed by atoms with E-state index in [2.05, 4.69) is 5.32 Å². The van der Waals surface area contributed by atoms with Gasteiger partial charge in [-0.3, -0.25) is 4.79 Å². The second kappa shape index (κ2) is 10.4. The molecular weight excluding hydrogens is 361 g/mol. The molecule has 0 saturated heterocycles. The predicted molar refractivity (Wildman–Crippen MR) is 91.1 cm³/mol. The molecule has 9 heteroatoms. The number of carbonyl (C=O) groups is 1. The van der Waals surface area contributed by atoms with Gasteiger partial charge in [-0.25, -0.2) is 0 Å². The van der Waals surface area contributed by atoms with Gasteiger partial charge in [0, 0.05) is 6.54 Å². The molecule has 2 unspecified atom stereocenters. The number of halogens is 4. The molecule has 0 bridgehead atoms. The quantitative estimate of drug-likeness (QED) is 0.722. The molecule has 144 valence electrons. The Hall–Kier alpha value is -1.67. The zero-order chi connectivity index (χ0) is 18.3. The van der Waals surface area contributed by atoms with Crippen LogP contribution < -0.4 is 20.5 Å². The summed E-state index contributed by atoms with van der Waals surface area (Å²) in [7, 11) is 1.33. The van der Waals surface area contributed by atoms with Crippen molar-refractivity contribution >= 4 is 18.3 Å². The van der Waals surface area contributed by atoms with Crippen molar-refractivity contribution in [2.24, 2.45) is 11.7 Å². The van der Waals surface area contributed by atoms with Crippen LogP contribution in [-0.2, 0) is 11.3 Å². The Labute approximate surface area is 151 Å². The van der Waals surface area contributed by atoms with Gasteiger partial charge in [0.15, 0.2) is 18.1 Å². The van der Waals surface area contributed by atoms with Crippen LogP contribution in [0.25, 0.3) is 0 Å².